The second kappa shape index (κ2) is 7.06. The number of nitrogens with zero attached hydrogens (tertiary/aromatic N) is 4. The van der Waals surface area contributed by atoms with Crippen molar-refractivity contribution >= 4 is 34.7 Å². The summed E-state index contributed by atoms with van der Waals surface area (Å²) in [4.78, 5) is 12.1. The fraction of sp³-hybridized carbons (Fsp3) is 0.444. The van der Waals surface area contributed by atoms with Gasteiger partial charge in [-0.25, -0.2) is 4.98 Å². The van der Waals surface area contributed by atoms with Crippen LogP contribution in [0, 0.1) is 11.3 Å². The van der Waals surface area contributed by atoms with Crippen LogP contribution in [0.2, 0.25) is 5.02 Å². The van der Waals surface area contributed by atoms with Gasteiger partial charge in [0.2, 0.25) is 5.95 Å². The monoisotopic (exact) mass is 371 g/mol. The normalized spacial score (nSPS) is 17.8. The molecule has 0 amide bonds. The molecular formula is C18H22ClN7. The minimum absolute atomic E-state index is 0.553. The molecule has 136 valence electrons. The molecule has 0 spiro atoms. The van der Waals surface area contributed by atoms with E-state index in [1.54, 1.807) is 12.3 Å². The molecule has 0 radical (unpaired) electrons. The third-order valence-electron chi connectivity index (χ3n) is 4.79. The largest absolute Gasteiger partial charge is 0.368 e. The Kier molecular flexibility index (Phi) is 4.62. The maximum atomic E-state index is 9.41. The molecule has 1 aliphatic heterocycles. The van der Waals surface area contributed by atoms with E-state index in [-0.39, 0.29) is 0 Å². The summed E-state index contributed by atoms with van der Waals surface area (Å²) in [5, 5.41) is 16.6. The maximum Gasteiger partial charge on any atom is 0.206 e. The number of imidazole rings is 1. The van der Waals surface area contributed by atoms with Crippen molar-refractivity contribution < 1.29 is 0 Å². The first kappa shape index (κ1) is 17.0. The number of H-pyrrole nitrogens is 1. The van der Waals surface area contributed by atoms with Crippen LogP contribution >= 0.6 is 11.6 Å². The SMILES string of the molecule is CN1CCN(c2cc(C#N)cc(Nc3ncc(NC4CC4)[nH]3)c2Cl)CC1. The first-order valence-electron chi connectivity index (χ1n) is 8.88. The van der Waals surface area contributed by atoms with Crippen LogP contribution in [0.25, 0.3) is 0 Å². The van der Waals surface area contributed by atoms with Gasteiger partial charge in [-0.3, -0.25) is 0 Å². The molecule has 7 nitrogen and oxygen atoms in total. The zero-order chi connectivity index (χ0) is 18.1. The van der Waals surface area contributed by atoms with Crippen molar-refractivity contribution in [2.24, 2.45) is 0 Å². The van der Waals surface area contributed by atoms with Gasteiger partial charge in [0.05, 0.1) is 34.2 Å². The maximum absolute atomic E-state index is 9.41. The summed E-state index contributed by atoms with van der Waals surface area (Å²) >= 11 is 6.67. The number of hydrogen-bond donors (Lipinski definition) is 3. The van der Waals surface area contributed by atoms with Crippen LogP contribution in [0.5, 0.6) is 0 Å². The standard InChI is InChI=1S/C18H22ClN7/c1-25-4-6-26(7-5-25)15-9-12(10-20)8-14(17(15)19)23-18-21-11-16(24-18)22-13-2-3-13/h8-9,11,13,22H,2-7H2,1H3,(H2,21,23,24). The van der Waals surface area contributed by atoms with Crippen molar-refractivity contribution in [2.45, 2.75) is 18.9 Å². The summed E-state index contributed by atoms with van der Waals surface area (Å²) in [7, 11) is 2.11. The zero-order valence-corrected chi connectivity index (χ0v) is 15.5. The summed E-state index contributed by atoms with van der Waals surface area (Å²) in [6, 6.07) is 6.41. The highest BCUT2D eigenvalue weighted by Crippen LogP contribution is 2.36. The molecule has 1 aromatic heterocycles. The number of halogens is 1. The van der Waals surface area contributed by atoms with Gasteiger partial charge in [0.25, 0.3) is 0 Å². The highest BCUT2D eigenvalue weighted by atomic mass is 35.5. The summed E-state index contributed by atoms with van der Waals surface area (Å²) < 4.78 is 0. The van der Waals surface area contributed by atoms with E-state index in [1.807, 2.05) is 6.07 Å². The Bertz CT molecular complexity index is 829. The van der Waals surface area contributed by atoms with Gasteiger partial charge in [-0.2, -0.15) is 5.26 Å². The summed E-state index contributed by atoms with van der Waals surface area (Å²) in [5.74, 6) is 1.50. The van der Waals surface area contributed by atoms with Crippen LogP contribution in [-0.4, -0.2) is 54.1 Å². The second-order valence-electron chi connectivity index (χ2n) is 6.95. The fourth-order valence-electron chi connectivity index (χ4n) is 3.08. The molecule has 4 rings (SSSR count). The number of nitriles is 1. The molecule has 8 heteroatoms. The van der Waals surface area contributed by atoms with Gasteiger partial charge in [-0.05, 0) is 32.0 Å². The van der Waals surface area contributed by atoms with Crippen molar-refractivity contribution in [3.63, 3.8) is 0 Å². The minimum Gasteiger partial charge on any atom is -0.368 e. The average Bonchev–Trinajstić information content (AvgIpc) is 3.35. The molecule has 1 saturated carbocycles. The van der Waals surface area contributed by atoms with E-state index >= 15 is 0 Å². The molecule has 2 fully saturated rings. The molecule has 2 heterocycles. The van der Waals surface area contributed by atoms with Gasteiger partial charge < -0.3 is 25.4 Å². The molecular weight excluding hydrogens is 350 g/mol. The Labute approximate surface area is 158 Å². The Morgan fingerprint density at radius 1 is 1.27 bits per heavy atom. The van der Waals surface area contributed by atoms with Crippen molar-refractivity contribution in [3.8, 4) is 6.07 Å². The van der Waals surface area contributed by atoms with Gasteiger partial charge in [0.15, 0.2) is 0 Å². The Morgan fingerprint density at radius 3 is 2.73 bits per heavy atom. The number of aromatic amines is 1. The number of anilines is 4. The van der Waals surface area contributed by atoms with Gasteiger partial charge in [-0.1, -0.05) is 11.6 Å². The number of aromatic nitrogens is 2. The number of nitrogens with one attached hydrogen (secondary N) is 3. The van der Waals surface area contributed by atoms with E-state index in [0.717, 1.165) is 37.7 Å². The third-order valence-corrected chi connectivity index (χ3v) is 5.19. The van der Waals surface area contributed by atoms with Crippen molar-refractivity contribution in [1.82, 2.24) is 14.9 Å². The molecule has 3 N–H and O–H groups in total. The topological polar surface area (TPSA) is 83.0 Å². The number of hydrogen-bond acceptors (Lipinski definition) is 6. The lowest BCUT2D eigenvalue weighted by atomic mass is 10.1. The van der Waals surface area contributed by atoms with E-state index in [9.17, 15) is 5.26 Å². The van der Waals surface area contributed by atoms with Crippen molar-refractivity contribution in [3.05, 3.63) is 28.9 Å². The van der Waals surface area contributed by atoms with Gasteiger partial charge in [0.1, 0.15) is 5.82 Å². The molecule has 0 atom stereocenters. The van der Waals surface area contributed by atoms with E-state index in [0.29, 0.717) is 28.3 Å². The quantitative estimate of drug-likeness (QED) is 0.749. The molecule has 26 heavy (non-hydrogen) atoms. The highest BCUT2D eigenvalue weighted by Gasteiger charge is 2.22. The van der Waals surface area contributed by atoms with E-state index in [1.165, 1.54) is 12.8 Å². The highest BCUT2D eigenvalue weighted by molar-refractivity contribution is 6.36. The summed E-state index contributed by atoms with van der Waals surface area (Å²) in [6.45, 7) is 3.73. The van der Waals surface area contributed by atoms with Crippen LogP contribution in [0.3, 0.4) is 0 Å². The number of piperazine rings is 1. The lowest BCUT2D eigenvalue weighted by molar-refractivity contribution is 0.313. The Balaban J connectivity index is 1.57. The van der Waals surface area contributed by atoms with Crippen LogP contribution in [0.1, 0.15) is 18.4 Å². The smallest absolute Gasteiger partial charge is 0.206 e. The molecule has 1 saturated heterocycles. The Hall–Kier alpha value is -2.43. The number of rotatable bonds is 5. The van der Waals surface area contributed by atoms with Gasteiger partial charge in [-0.15, -0.1) is 0 Å². The number of benzene rings is 1. The predicted molar refractivity (Wildman–Crippen MR) is 104 cm³/mol. The lowest BCUT2D eigenvalue weighted by Crippen LogP contribution is -2.44. The predicted octanol–water partition coefficient (Wildman–Crippen LogP) is 3.00. The minimum atomic E-state index is 0.553. The van der Waals surface area contributed by atoms with Gasteiger partial charge >= 0.3 is 0 Å². The van der Waals surface area contributed by atoms with Crippen LogP contribution in [-0.2, 0) is 0 Å². The van der Waals surface area contributed by atoms with E-state index in [2.05, 4.69) is 43.5 Å². The van der Waals surface area contributed by atoms with Gasteiger partial charge in [0, 0.05) is 32.2 Å². The molecule has 0 unspecified atom stereocenters. The molecule has 2 aliphatic rings. The summed E-state index contributed by atoms with van der Waals surface area (Å²) in [6.07, 6.45) is 4.17. The zero-order valence-electron chi connectivity index (χ0n) is 14.7. The van der Waals surface area contributed by atoms with Crippen LogP contribution in [0.4, 0.5) is 23.1 Å². The fourth-order valence-corrected chi connectivity index (χ4v) is 3.35. The first-order valence-corrected chi connectivity index (χ1v) is 9.26. The molecule has 2 aromatic rings. The number of likely N-dealkylation sites (N-methyl/N-ethyl adjacent to an activating group) is 1. The van der Waals surface area contributed by atoms with Crippen molar-refractivity contribution in [2.75, 3.05) is 48.8 Å². The average molecular weight is 372 g/mol. The first-order chi connectivity index (χ1) is 12.6. The lowest BCUT2D eigenvalue weighted by Gasteiger charge is -2.35. The Morgan fingerprint density at radius 2 is 2.04 bits per heavy atom. The third kappa shape index (κ3) is 3.71. The summed E-state index contributed by atoms with van der Waals surface area (Å²) in [5.41, 5.74) is 2.16. The van der Waals surface area contributed by atoms with Crippen molar-refractivity contribution in [1.29, 1.82) is 5.26 Å². The van der Waals surface area contributed by atoms with Crippen LogP contribution < -0.4 is 15.5 Å². The molecule has 1 aromatic carbocycles. The van der Waals surface area contributed by atoms with E-state index < -0.39 is 0 Å². The van der Waals surface area contributed by atoms with Crippen LogP contribution in [0.15, 0.2) is 18.3 Å². The van der Waals surface area contributed by atoms with E-state index in [4.69, 9.17) is 11.6 Å². The second-order valence-corrected chi connectivity index (χ2v) is 7.33. The molecule has 0 bridgehead atoms. The molecule has 1 aliphatic carbocycles.